The summed E-state index contributed by atoms with van der Waals surface area (Å²) in [6.45, 7) is 4.34. The monoisotopic (exact) mass is 248 g/mol. The lowest BCUT2D eigenvalue weighted by Crippen LogP contribution is -2.37. The van der Waals surface area contributed by atoms with E-state index in [-0.39, 0.29) is 6.03 Å². The molecule has 1 aromatic rings. The van der Waals surface area contributed by atoms with Crippen molar-refractivity contribution in [1.82, 2.24) is 10.2 Å². The Labute approximate surface area is 108 Å². The van der Waals surface area contributed by atoms with E-state index in [1.807, 2.05) is 30.0 Å². The van der Waals surface area contributed by atoms with Gasteiger partial charge in [0.15, 0.2) is 0 Å². The molecule has 1 heterocycles. The molecule has 1 N–H and O–H groups in total. The van der Waals surface area contributed by atoms with Crippen molar-refractivity contribution in [3.8, 4) is 5.75 Å². The summed E-state index contributed by atoms with van der Waals surface area (Å²) in [5, 5.41) is 2.95. The predicted molar refractivity (Wildman–Crippen MR) is 70.8 cm³/mol. The maximum Gasteiger partial charge on any atom is 0.317 e. The Morgan fingerprint density at radius 2 is 2.11 bits per heavy atom. The molecule has 1 aliphatic rings. The Morgan fingerprint density at radius 1 is 1.39 bits per heavy atom. The zero-order chi connectivity index (χ0) is 13.0. The van der Waals surface area contributed by atoms with Crippen molar-refractivity contribution in [2.45, 2.75) is 26.3 Å². The fourth-order valence-electron chi connectivity index (χ4n) is 2.26. The van der Waals surface area contributed by atoms with Gasteiger partial charge in [0.05, 0.1) is 7.11 Å². The van der Waals surface area contributed by atoms with Crippen molar-refractivity contribution in [2.75, 3.05) is 20.2 Å². The molecule has 0 spiro atoms. The van der Waals surface area contributed by atoms with Crippen molar-refractivity contribution >= 4 is 6.03 Å². The molecule has 0 radical (unpaired) electrons. The van der Waals surface area contributed by atoms with E-state index in [0.717, 1.165) is 42.8 Å². The molecule has 1 aliphatic heterocycles. The molecule has 98 valence electrons. The zero-order valence-electron chi connectivity index (χ0n) is 11.0. The number of benzene rings is 1. The second-order valence-corrected chi connectivity index (χ2v) is 4.66. The predicted octanol–water partition coefficient (Wildman–Crippen LogP) is 2.31. The number of carbonyl (C=O) groups is 1. The number of aryl methyl sites for hydroxylation is 1. The van der Waals surface area contributed by atoms with Crippen LogP contribution in [0.15, 0.2) is 18.2 Å². The summed E-state index contributed by atoms with van der Waals surface area (Å²) in [6, 6.07) is 6.01. The van der Waals surface area contributed by atoms with Crippen LogP contribution in [-0.2, 0) is 6.54 Å². The lowest BCUT2D eigenvalue weighted by atomic mass is 10.1. The fraction of sp³-hybridized carbons (Fsp3) is 0.500. The number of carbonyl (C=O) groups excluding carboxylic acids is 1. The van der Waals surface area contributed by atoms with Gasteiger partial charge in [0.1, 0.15) is 5.75 Å². The molecule has 0 bridgehead atoms. The van der Waals surface area contributed by atoms with Gasteiger partial charge in [-0.05, 0) is 37.0 Å². The van der Waals surface area contributed by atoms with Crippen LogP contribution in [0.3, 0.4) is 0 Å². The summed E-state index contributed by atoms with van der Waals surface area (Å²) in [6.07, 6.45) is 2.24. The van der Waals surface area contributed by atoms with E-state index < -0.39 is 0 Å². The van der Waals surface area contributed by atoms with Crippen molar-refractivity contribution in [2.24, 2.45) is 0 Å². The number of methoxy groups -OCH3 is 1. The summed E-state index contributed by atoms with van der Waals surface area (Å²) in [5.74, 6) is 0.879. The van der Waals surface area contributed by atoms with Crippen LogP contribution in [0.25, 0.3) is 0 Å². The summed E-state index contributed by atoms with van der Waals surface area (Å²) in [4.78, 5) is 13.7. The van der Waals surface area contributed by atoms with Gasteiger partial charge in [-0.1, -0.05) is 12.1 Å². The molecule has 2 rings (SSSR count). The van der Waals surface area contributed by atoms with Crippen LogP contribution in [0, 0.1) is 6.92 Å². The van der Waals surface area contributed by atoms with Crippen molar-refractivity contribution in [3.05, 3.63) is 29.3 Å². The van der Waals surface area contributed by atoms with Crippen LogP contribution in [0.2, 0.25) is 0 Å². The summed E-state index contributed by atoms with van der Waals surface area (Å²) in [7, 11) is 1.66. The standard InChI is InChI=1S/C14H20N2O2/c1-11-9-12(5-6-13(11)18-2)10-15-14(17)16-7-3-4-8-16/h5-6,9H,3-4,7-8,10H2,1-2H3,(H,15,17). The van der Waals surface area contributed by atoms with Gasteiger partial charge in [-0.3, -0.25) is 0 Å². The van der Waals surface area contributed by atoms with Gasteiger partial charge in [-0.2, -0.15) is 0 Å². The van der Waals surface area contributed by atoms with Crippen LogP contribution in [0.5, 0.6) is 5.75 Å². The first-order chi connectivity index (χ1) is 8.70. The molecular weight excluding hydrogens is 228 g/mol. The Kier molecular flexibility index (Phi) is 4.07. The van der Waals surface area contributed by atoms with Crippen molar-refractivity contribution < 1.29 is 9.53 Å². The third-order valence-corrected chi connectivity index (χ3v) is 3.30. The Hall–Kier alpha value is -1.71. The quantitative estimate of drug-likeness (QED) is 0.891. The molecule has 0 aromatic heterocycles. The number of ether oxygens (including phenoxy) is 1. The van der Waals surface area contributed by atoms with Crippen LogP contribution < -0.4 is 10.1 Å². The van der Waals surface area contributed by atoms with E-state index in [1.165, 1.54) is 0 Å². The zero-order valence-corrected chi connectivity index (χ0v) is 11.0. The molecule has 0 atom stereocenters. The van der Waals surface area contributed by atoms with Gasteiger partial charge in [0, 0.05) is 19.6 Å². The van der Waals surface area contributed by atoms with E-state index in [2.05, 4.69) is 5.32 Å². The minimum atomic E-state index is 0.0426. The van der Waals surface area contributed by atoms with Crippen LogP contribution >= 0.6 is 0 Å². The molecule has 18 heavy (non-hydrogen) atoms. The van der Waals surface area contributed by atoms with Crippen molar-refractivity contribution in [1.29, 1.82) is 0 Å². The maximum atomic E-state index is 11.8. The highest BCUT2D eigenvalue weighted by Gasteiger charge is 2.17. The Morgan fingerprint density at radius 3 is 2.72 bits per heavy atom. The average Bonchev–Trinajstić information content (AvgIpc) is 2.90. The minimum Gasteiger partial charge on any atom is -0.496 e. The van der Waals surface area contributed by atoms with E-state index in [4.69, 9.17) is 4.74 Å². The summed E-state index contributed by atoms with van der Waals surface area (Å²) >= 11 is 0. The first-order valence-corrected chi connectivity index (χ1v) is 6.37. The topological polar surface area (TPSA) is 41.6 Å². The third-order valence-electron chi connectivity index (χ3n) is 3.30. The molecule has 2 amide bonds. The van der Waals surface area contributed by atoms with E-state index in [0.29, 0.717) is 6.54 Å². The van der Waals surface area contributed by atoms with Gasteiger partial charge in [0.25, 0.3) is 0 Å². The Balaban J connectivity index is 1.89. The van der Waals surface area contributed by atoms with Crippen LogP contribution in [0.4, 0.5) is 4.79 Å². The first-order valence-electron chi connectivity index (χ1n) is 6.37. The van der Waals surface area contributed by atoms with Crippen LogP contribution in [-0.4, -0.2) is 31.1 Å². The van der Waals surface area contributed by atoms with Gasteiger partial charge in [-0.15, -0.1) is 0 Å². The fourth-order valence-corrected chi connectivity index (χ4v) is 2.26. The first kappa shape index (κ1) is 12.7. The number of amides is 2. The van der Waals surface area contributed by atoms with Gasteiger partial charge < -0.3 is 15.0 Å². The van der Waals surface area contributed by atoms with Gasteiger partial charge in [-0.25, -0.2) is 4.79 Å². The van der Waals surface area contributed by atoms with Crippen LogP contribution in [0.1, 0.15) is 24.0 Å². The largest absolute Gasteiger partial charge is 0.496 e. The normalized spacial score (nSPS) is 14.7. The number of likely N-dealkylation sites (tertiary alicyclic amines) is 1. The maximum absolute atomic E-state index is 11.8. The molecule has 0 unspecified atom stereocenters. The van der Waals surface area contributed by atoms with Gasteiger partial charge in [0.2, 0.25) is 0 Å². The SMILES string of the molecule is COc1ccc(CNC(=O)N2CCCC2)cc1C. The molecule has 0 saturated carbocycles. The minimum absolute atomic E-state index is 0.0426. The molecule has 1 fully saturated rings. The Bertz CT molecular complexity index is 426. The molecule has 1 aromatic carbocycles. The number of nitrogens with one attached hydrogen (secondary N) is 1. The molecule has 4 heteroatoms. The summed E-state index contributed by atoms with van der Waals surface area (Å²) in [5.41, 5.74) is 2.19. The number of nitrogens with zero attached hydrogens (tertiary/aromatic N) is 1. The average molecular weight is 248 g/mol. The number of hydrogen-bond acceptors (Lipinski definition) is 2. The number of urea groups is 1. The lowest BCUT2D eigenvalue weighted by molar-refractivity contribution is 0.208. The molecule has 0 aliphatic carbocycles. The molecule has 1 saturated heterocycles. The summed E-state index contributed by atoms with van der Waals surface area (Å²) < 4.78 is 5.21. The third kappa shape index (κ3) is 2.94. The smallest absolute Gasteiger partial charge is 0.317 e. The van der Waals surface area contributed by atoms with E-state index >= 15 is 0 Å². The molecule has 4 nitrogen and oxygen atoms in total. The van der Waals surface area contributed by atoms with E-state index in [1.54, 1.807) is 7.11 Å². The highest BCUT2D eigenvalue weighted by Crippen LogP contribution is 2.18. The molecular formula is C14H20N2O2. The highest BCUT2D eigenvalue weighted by molar-refractivity contribution is 5.74. The number of rotatable bonds is 3. The van der Waals surface area contributed by atoms with Gasteiger partial charge >= 0.3 is 6.03 Å². The second-order valence-electron chi connectivity index (χ2n) is 4.66. The number of hydrogen-bond donors (Lipinski definition) is 1. The lowest BCUT2D eigenvalue weighted by Gasteiger charge is -2.16. The van der Waals surface area contributed by atoms with E-state index in [9.17, 15) is 4.79 Å². The van der Waals surface area contributed by atoms with Crippen molar-refractivity contribution in [3.63, 3.8) is 0 Å². The highest BCUT2D eigenvalue weighted by atomic mass is 16.5. The second kappa shape index (κ2) is 5.76.